The van der Waals surface area contributed by atoms with Crippen molar-refractivity contribution in [3.8, 4) is 0 Å². The van der Waals surface area contributed by atoms with Gasteiger partial charge in [-0.3, -0.25) is 31.7 Å². The SMILES string of the molecule is [CH2-]N1C(=O)c2cccc3cccc(c23)C1=O.[CH2-]N1C(=O)c2cccc3cccc(c23)C1=O.[CH2-]SS[CH2-].[Ta+2].[Ta+2]. The van der Waals surface area contributed by atoms with Crippen LogP contribution in [0, 0.1) is 26.6 Å². The second-order valence-corrected chi connectivity index (χ2v) is 9.62. The third-order valence-corrected chi connectivity index (χ3v) is 6.46. The van der Waals surface area contributed by atoms with Gasteiger partial charge in [0.1, 0.15) is 0 Å². The number of imide groups is 2. The van der Waals surface area contributed by atoms with Crippen molar-refractivity contribution in [3.05, 3.63) is 122 Å². The summed E-state index contributed by atoms with van der Waals surface area (Å²) in [7, 11) is 9.78. The molecule has 0 saturated heterocycles. The molecule has 0 aliphatic carbocycles. The van der Waals surface area contributed by atoms with Crippen molar-refractivity contribution in [3.63, 3.8) is 0 Å². The van der Waals surface area contributed by atoms with E-state index in [0.29, 0.717) is 22.3 Å². The molecule has 0 saturated carbocycles. The molecule has 0 fully saturated rings. The van der Waals surface area contributed by atoms with E-state index in [1.165, 1.54) is 21.6 Å². The maximum atomic E-state index is 11.9. The third-order valence-electron chi connectivity index (χ3n) is 5.79. The first kappa shape index (κ1) is 32.1. The van der Waals surface area contributed by atoms with Crippen LogP contribution in [0.3, 0.4) is 0 Å². The fraction of sp³-hybridized carbons (Fsp3) is 0. The summed E-state index contributed by atoms with van der Waals surface area (Å²) in [6.45, 7) is 0. The summed E-state index contributed by atoms with van der Waals surface area (Å²) in [5.41, 5.74) is 2.18. The number of hydrogen-bond acceptors (Lipinski definition) is 6. The van der Waals surface area contributed by atoms with Gasteiger partial charge in [-0.15, -0.1) is 0 Å². The van der Waals surface area contributed by atoms with E-state index in [1.807, 2.05) is 48.5 Å². The molecule has 2 radical (unpaired) electrons. The zero-order valence-corrected chi connectivity index (χ0v) is 28.1. The molecule has 4 aromatic rings. The van der Waals surface area contributed by atoms with Crippen LogP contribution in [0.1, 0.15) is 41.4 Å². The molecule has 0 bridgehead atoms. The minimum Gasteiger partial charge on any atom is -0.430 e. The van der Waals surface area contributed by atoms with Crippen molar-refractivity contribution in [1.82, 2.24) is 9.80 Å². The molecule has 2 aliphatic heterocycles. The number of nitrogens with zero attached hydrogens (tertiary/aromatic N) is 2. The van der Waals surface area contributed by atoms with Crippen molar-refractivity contribution in [2.24, 2.45) is 0 Å². The number of carbonyl (C=O) groups is 4. The van der Waals surface area contributed by atoms with Crippen LogP contribution in [0.5, 0.6) is 0 Å². The number of carbonyl (C=O) groups excluding carboxylic acids is 4. The molecular weight excluding hydrogens is 854 g/mol. The molecule has 0 unspecified atom stereocenters. The first-order chi connectivity index (χ1) is 17.3. The van der Waals surface area contributed by atoms with E-state index in [2.05, 4.69) is 26.6 Å². The van der Waals surface area contributed by atoms with Gasteiger partial charge in [-0.2, -0.15) is 0 Å². The van der Waals surface area contributed by atoms with E-state index in [1.54, 1.807) is 24.3 Å². The molecule has 10 heteroatoms. The van der Waals surface area contributed by atoms with E-state index in [-0.39, 0.29) is 68.4 Å². The van der Waals surface area contributed by atoms with Crippen LogP contribution >= 0.6 is 21.6 Å². The van der Waals surface area contributed by atoms with Crippen LogP contribution in [0.25, 0.3) is 21.5 Å². The van der Waals surface area contributed by atoms with E-state index < -0.39 is 0 Å². The maximum absolute atomic E-state index is 11.9. The monoisotopic (exact) mass is 874 g/mol. The van der Waals surface area contributed by atoms with Crippen molar-refractivity contribution in [1.29, 1.82) is 0 Å². The maximum Gasteiger partial charge on any atom is 2.00 e. The molecule has 4 aromatic carbocycles. The second-order valence-electron chi connectivity index (χ2n) is 7.73. The molecule has 0 atom stereocenters. The van der Waals surface area contributed by atoms with E-state index in [0.717, 1.165) is 31.3 Å². The van der Waals surface area contributed by atoms with Crippen molar-refractivity contribution < 1.29 is 63.9 Å². The van der Waals surface area contributed by atoms with Gasteiger partial charge in [0, 0.05) is 33.0 Å². The van der Waals surface area contributed by atoms with Gasteiger partial charge in [0.2, 0.25) is 23.6 Å². The third kappa shape index (κ3) is 5.88. The summed E-state index contributed by atoms with van der Waals surface area (Å²) >= 11 is 0. The fourth-order valence-corrected chi connectivity index (χ4v) is 4.16. The predicted octanol–water partition coefficient (Wildman–Crippen LogP) is 6.40. The zero-order chi connectivity index (χ0) is 26.0. The van der Waals surface area contributed by atoms with Gasteiger partial charge in [0.15, 0.2) is 0 Å². The fourth-order valence-electron chi connectivity index (χ4n) is 4.16. The molecule has 38 heavy (non-hydrogen) atoms. The summed E-state index contributed by atoms with van der Waals surface area (Å²) in [5.74, 6) is -1.35. The standard InChI is InChI=1S/2C13H8NO2.C2H4S2.2Ta/c2*1-14-12(15)9-6-2-4-8-5-3-7-10(11(8)9)13(14)16;1-3-4-2;;/h2*2-7H,1H2;1-2H2;;/q2*-1;-2;2*+2. The Morgan fingerprint density at radius 2 is 0.711 bits per heavy atom. The molecule has 6 nitrogen and oxygen atoms in total. The molecular formula is C28H20N2O4S2Ta2. The van der Waals surface area contributed by atoms with Crippen LogP contribution < -0.4 is 0 Å². The Labute approximate surface area is 260 Å². The Hall–Kier alpha value is -2.14. The van der Waals surface area contributed by atoms with Crippen LogP contribution in [-0.2, 0) is 44.8 Å². The molecule has 0 N–H and O–H groups in total. The normalized spacial score (nSPS) is 13.2. The molecule has 2 heterocycles. The molecule has 0 aromatic heterocycles. The van der Waals surface area contributed by atoms with E-state index >= 15 is 0 Å². The van der Waals surface area contributed by atoms with Crippen LogP contribution in [0.15, 0.2) is 72.8 Å². The Bertz CT molecular complexity index is 1330. The number of amides is 4. The summed E-state index contributed by atoms with van der Waals surface area (Å²) in [6.07, 6.45) is 6.84. The van der Waals surface area contributed by atoms with Gasteiger partial charge in [-0.25, -0.2) is 14.1 Å². The smallest absolute Gasteiger partial charge is 0.430 e. The minimum absolute atomic E-state index is 0. The van der Waals surface area contributed by atoms with Crippen LogP contribution in [0.4, 0.5) is 0 Å². The second kappa shape index (κ2) is 13.8. The molecule has 2 aliphatic rings. The average Bonchev–Trinajstić information content (AvgIpc) is 2.92. The summed E-state index contributed by atoms with van der Waals surface area (Å²) in [4.78, 5) is 49.3. The summed E-state index contributed by atoms with van der Waals surface area (Å²) in [6, 6.07) is 21.7. The van der Waals surface area contributed by atoms with Gasteiger partial charge in [0.25, 0.3) is 0 Å². The summed E-state index contributed by atoms with van der Waals surface area (Å²) in [5, 5.41) is 3.29. The van der Waals surface area contributed by atoms with E-state index in [4.69, 9.17) is 0 Å². The minimum atomic E-state index is -0.339. The Morgan fingerprint density at radius 1 is 0.474 bits per heavy atom. The summed E-state index contributed by atoms with van der Waals surface area (Å²) < 4.78 is 0. The first-order valence-corrected chi connectivity index (χ1v) is 13.1. The number of benzene rings is 4. The largest absolute Gasteiger partial charge is 2.00 e. The zero-order valence-electron chi connectivity index (χ0n) is 20.0. The number of hydrogen-bond donors (Lipinski definition) is 0. The average molecular weight is 875 g/mol. The first-order valence-electron chi connectivity index (χ1n) is 10.6. The van der Waals surface area contributed by atoms with Gasteiger partial charge in [0.05, 0.1) is 0 Å². The van der Waals surface area contributed by atoms with Crippen molar-refractivity contribution in [2.45, 2.75) is 0 Å². The van der Waals surface area contributed by atoms with E-state index in [9.17, 15) is 19.2 Å². The Balaban J connectivity index is 0.000000224. The quantitative estimate of drug-likeness (QED) is 0.125. The number of rotatable bonds is 1. The molecule has 0 spiro atoms. The van der Waals surface area contributed by atoms with Crippen molar-refractivity contribution in [2.75, 3.05) is 0 Å². The van der Waals surface area contributed by atoms with Crippen molar-refractivity contribution >= 4 is 66.8 Å². The predicted molar refractivity (Wildman–Crippen MR) is 146 cm³/mol. The van der Waals surface area contributed by atoms with Gasteiger partial charge >= 0.3 is 44.8 Å². The Morgan fingerprint density at radius 3 is 0.921 bits per heavy atom. The van der Waals surface area contributed by atoms with Gasteiger partial charge in [-0.1, -0.05) is 48.5 Å². The van der Waals surface area contributed by atoms with Gasteiger partial charge in [-0.05, 0) is 35.0 Å². The molecule has 4 amide bonds. The molecule has 188 valence electrons. The topological polar surface area (TPSA) is 74.8 Å². The Kier molecular flexibility index (Phi) is 11.6. The van der Waals surface area contributed by atoms with Crippen LogP contribution in [-0.4, -0.2) is 33.4 Å². The molecule has 6 rings (SSSR count). The van der Waals surface area contributed by atoms with Crippen LogP contribution in [0.2, 0.25) is 0 Å². The van der Waals surface area contributed by atoms with Gasteiger partial charge < -0.3 is 31.4 Å².